The molecule has 1 aliphatic rings. The lowest BCUT2D eigenvalue weighted by molar-refractivity contribution is -0.121. The Hall–Kier alpha value is -1.38. The van der Waals surface area contributed by atoms with Crippen molar-refractivity contribution in [3.8, 4) is 0 Å². The molecule has 0 unspecified atom stereocenters. The van der Waals surface area contributed by atoms with E-state index in [0.717, 1.165) is 5.57 Å². The van der Waals surface area contributed by atoms with Gasteiger partial charge in [-0.1, -0.05) is 12.2 Å². The molecular formula is C8H10N2O. The molecule has 0 aromatic heterocycles. The summed E-state index contributed by atoms with van der Waals surface area (Å²) in [6.07, 6.45) is 2.89. The fourth-order valence-electron chi connectivity index (χ4n) is 0.882. The summed E-state index contributed by atoms with van der Waals surface area (Å²) in [5, 5.41) is 7.31. The third-order valence-electron chi connectivity index (χ3n) is 1.37. The van der Waals surface area contributed by atoms with E-state index in [0.29, 0.717) is 6.54 Å². The standard InChI is InChI=1S/C8H10N2O/c1-6(2)5-10-7(9)3-4-8(10)11/h3-4,9H,1,5H2,2H3. The normalized spacial score (nSPS) is 16.3. The summed E-state index contributed by atoms with van der Waals surface area (Å²) >= 11 is 0. The molecular weight excluding hydrogens is 140 g/mol. The molecule has 0 aliphatic carbocycles. The van der Waals surface area contributed by atoms with Crippen LogP contribution in [0.5, 0.6) is 0 Å². The van der Waals surface area contributed by atoms with Crippen LogP contribution in [0.15, 0.2) is 24.3 Å². The Morgan fingerprint density at radius 1 is 1.73 bits per heavy atom. The zero-order valence-electron chi connectivity index (χ0n) is 6.42. The highest BCUT2D eigenvalue weighted by Gasteiger charge is 2.19. The van der Waals surface area contributed by atoms with Crippen LogP contribution in [0.3, 0.4) is 0 Å². The highest BCUT2D eigenvalue weighted by molar-refractivity contribution is 6.14. The number of hydrogen-bond acceptors (Lipinski definition) is 2. The maximum atomic E-state index is 11.0. The van der Waals surface area contributed by atoms with Gasteiger partial charge in [0.1, 0.15) is 5.84 Å². The lowest BCUT2D eigenvalue weighted by Gasteiger charge is -2.14. The zero-order chi connectivity index (χ0) is 8.43. The number of amides is 1. The largest absolute Gasteiger partial charge is 0.290 e. The molecule has 1 heterocycles. The predicted octanol–water partition coefficient (Wildman–Crippen LogP) is 0.938. The van der Waals surface area contributed by atoms with Gasteiger partial charge in [-0.2, -0.15) is 0 Å². The molecule has 0 spiro atoms. The summed E-state index contributed by atoms with van der Waals surface area (Å²) in [6.45, 7) is 5.95. The first kappa shape index (κ1) is 7.72. The van der Waals surface area contributed by atoms with Crippen molar-refractivity contribution < 1.29 is 4.79 Å². The van der Waals surface area contributed by atoms with Crippen LogP contribution in [-0.2, 0) is 4.79 Å². The van der Waals surface area contributed by atoms with Gasteiger partial charge in [-0.25, -0.2) is 0 Å². The van der Waals surface area contributed by atoms with Crippen molar-refractivity contribution in [2.75, 3.05) is 6.54 Å². The van der Waals surface area contributed by atoms with Crippen molar-refractivity contribution in [1.82, 2.24) is 4.90 Å². The maximum absolute atomic E-state index is 11.0. The summed E-state index contributed by atoms with van der Waals surface area (Å²) in [4.78, 5) is 12.4. The van der Waals surface area contributed by atoms with Gasteiger partial charge in [-0.3, -0.25) is 15.1 Å². The van der Waals surface area contributed by atoms with Gasteiger partial charge in [0.15, 0.2) is 0 Å². The molecule has 1 N–H and O–H groups in total. The van der Waals surface area contributed by atoms with Gasteiger partial charge < -0.3 is 0 Å². The minimum absolute atomic E-state index is 0.127. The zero-order valence-corrected chi connectivity index (χ0v) is 6.42. The van der Waals surface area contributed by atoms with Gasteiger partial charge >= 0.3 is 0 Å². The van der Waals surface area contributed by atoms with Crippen LogP contribution >= 0.6 is 0 Å². The quantitative estimate of drug-likeness (QED) is 0.585. The molecule has 0 atom stereocenters. The van der Waals surface area contributed by atoms with Crippen molar-refractivity contribution in [2.24, 2.45) is 0 Å². The van der Waals surface area contributed by atoms with E-state index >= 15 is 0 Å². The van der Waals surface area contributed by atoms with E-state index in [-0.39, 0.29) is 11.7 Å². The molecule has 3 nitrogen and oxygen atoms in total. The minimum atomic E-state index is -0.127. The lowest BCUT2D eigenvalue weighted by atomic mass is 10.3. The SMILES string of the molecule is C=C(C)CN1C(=N)C=CC1=O. The lowest BCUT2D eigenvalue weighted by Crippen LogP contribution is -2.30. The summed E-state index contributed by atoms with van der Waals surface area (Å²) in [7, 11) is 0. The van der Waals surface area contributed by atoms with Crippen LogP contribution in [0, 0.1) is 5.41 Å². The van der Waals surface area contributed by atoms with Crippen LogP contribution < -0.4 is 0 Å². The number of carbonyl (C=O) groups is 1. The number of nitrogens with one attached hydrogen (secondary N) is 1. The van der Waals surface area contributed by atoms with Gasteiger partial charge in [0.25, 0.3) is 5.91 Å². The molecule has 0 radical (unpaired) electrons. The number of amidine groups is 1. The second-order valence-corrected chi connectivity index (χ2v) is 2.60. The molecule has 0 aromatic rings. The highest BCUT2D eigenvalue weighted by atomic mass is 16.2. The fraction of sp³-hybridized carbons (Fsp3) is 0.250. The van der Waals surface area contributed by atoms with Gasteiger partial charge in [0, 0.05) is 12.6 Å². The summed E-state index contributed by atoms with van der Waals surface area (Å²) in [5.74, 6) is 0.121. The Balaban J connectivity index is 2.66. The molecule has 58 valence electrons. The fourth-order valence-corrected chi connectivity index (χ4v) is 0.882. The number of carbonyl (C=O) groups excluding carboxylic acids is 1. The van der Waals surface area contributed by atoms with E-state index < -0.39 is 0 Å². The third kappa shape index (κ3) is 1.55. The Labute approximate surface area is 65.5 Å². The van der Waals surface area contributed by atoms with E-state index in [2.05, 4.69) is 6.58 Å². The average Bonchev–Trinajstić information content (AvgIpc) is 2.18. The third-order valence-corrected chi connectivity index (χ3v) is 1.37. The number of hydrogen-bond donors (Lipinski definition) is 1. The Morgan fingerprint density at radius 2 is 2.36 bits per heavy atom. The van der Waals surface area contributed by atoms with Crippen LogP contribution in [0.25, 0.3) is 0 Å². The molecule has 0 saturated heterocycles. The summed E-state index contributed by atoms with van der Waals surface area (Å²) in [5.41, 5.74) is 0.881. The maximum Gasteiger partial charge on any atom is 0.252 e. The molecule has 0 aromatic carbocycles. The topological polar surface area (TPSA) is 44.2 Å². The number of nitrogens with zero attached hydrogens (tertiary/aromatic N) is 1. The summed E-state index contributed by atoms with van der Waals surface area (Å²) < 4.78 is 0. The van der Waals surface area contributed by atoms with Crippen molar-refractivity contribution in [3.63, 3.8) is 0 Å². The van der Waals surface area contributed by atoms with Gasteiger partial charge in [0.05, 0.1) is 0 Å². The molecule has 0 fully saturated rings. The molecule has 0 saturated carbocycles. The minimum Gasteiger partial charge on any atom is -0.290 e. The van der Waals surface area contributed by atoms with Crippen LogP contribution in [0.2, 0.25) is 0 Å². The first-order valence-corrected chi connectivity index (χ1v) is 3.34. The Morgan fingerprint density at radius 3 is 2.73 bits per heavy atom. The van der Waals surface area contributed by atoms with E-state index in [1.807, 2.05) is 6.92 Å². The summed E-state index contributed by atoms with van der Waals surface area (Å²) in [6, 6.07) is 0. The molecule has 0 bridgehead atoms. The van der Waals surface area contributed by atoms with Crippen molar-refractivity contribution in [3.05, 3.63) is 24.3 Å². The monoisotopic (exact) mass is 150 g/mol. The average molecular weight is 150 g/mol. The van der Waals surface area contributed by atoms with Crippen molar-refractivity contribution in [2.45, 2.75) is 6.92 Å². The van der Waals surface area contributed by atoms with E-state index in [1.54, 1.807) is 0 Å². The van der Waals surface area contributed by atoms with Crippen LogP contribution in [-0.4, -0.2) is 23.2 Å². The predicted molar refractivity (Wildman–Crippen MR) is 43.4 cm³/mol. The molecule has 3 heteroatoms. The Bertz CT molecular complexity index is 235. The van der Waals surface area contributed by atoms with Crippen LogP contribution in [0.1, 0.15) is 6.92 Å². The molecule has 1 amide bonds. The van der Waals surface area contributed by atoms with Gasteiger partial charge in [0.2, 0.25) is 0 Å². The van der Waals surface area contributed by atoms with Crippen molar-refractivity contribution in [1.29, 1.82) is 5.41 Å². The van der Waals surface area contributed by atoms with Crippen molar-refractivity contribution >= 4 is 11.7 Å². The smallest absolute Gasteiger partial charge is 0.252 e. The molecule has 1 aliphatic heterocycles. The van der Waals surface area contributed by atoms with Gasteiger partial charge in [-0.05, 0) is 13.0 Å². The highest BCUT2D eigenvalue weighted by Crippen LogP contribution is 2.05. The Kier molecular flexibility index (Phi) is 1.89. The van der Waals surface area contributed by atoms with E-state index in [9.17, 15) is 4.79 Å². The van der Waals surface area contributed by atoms with E-state index in [1.165, 1.54) is 17.1 Å². The first-order chi connectivity index (χ1) is 5.11. The number of rotatable bonds is 2. The van der Waals surface area contributed by atoms with Gasteiger partial charge in [-0.15, -0.1) is 0 Å². The molecule has 11 heavy (non-hydrogen) atoms. The van der Waals surface area contributed by atoms with E-state index in [4.69, 9.17) is 5.41 Å². The second kappa shape index (κ2) is 2.70. The second-order valence-electron chi connectivity index (χ2n) is 2.60. The first-order valence-electron chi connectivity index (χ1n) is 3.34. The van der Waals surface area contributed by atoms with Crippen LogP contribution in [0.4, 0.5) is 0 Å². The molecule has 1 rings (SSSR count).